The van der Waals surface area contributed by atoms with E-state index in [4.69, 9.17) is 0 Å². The predicted octanol–water partition coefficient (Wildman–Crippen LogP) is 0.881. The van der Waals surface area contributed by atoms with Crippen LogP contribution in [0.5, 0.6) is 5.75 Å². The Morgan fingerprint density at radius 2 is 1.69 bits per heavy atom. The minimum absolute atomic E-state index is 0. The van der Waals surface area contributed by atoms with E-state index in [2.05, 4.69) is 15.6 Å². The Labute approximate surface area is 252 Å². The third-order valence-electron chi connectivity index (χ3n) is 5.25. The molecule has 1 N–H and O–H groups in total. The molecule has 0 unspecified atom stereocenters. The number of amides is 2. The topological polar surface area (TPSA) is 103 Å². The molecule has 0 spiro atoms. The summed E-state index contributed by atoms with van der Waals surface area (Å²) in [5.74, 6) is -1.26. The molecular formula is C23H23F3KN5O3S. The molecule has 2 heterocycles. The summed E-state index contributed by atoms with van der Waals surface area (Å²) in [6, 6.07) is 7.28. The van der Waals surface area contributed by atoms with Gasteiger partial charge in [-0.25, -0.2) is 5.43 Å². The molecule has 0 fully saturated rings. The first-order chi connectivity index (χ1) is 16.5. The Kier molecular flexibility index (Phi) is 10.5. The molecule has 0 radical (unpaired) electrons. The summed E-state index contributed by atoms with van der Waals surface area (Å²) < 4.78 is 39.7. The smallest absolute Gasteiger partial charge is 0.869 e. The van der Waals surface area contributed by atoms with Crippen LogP contribution < -0.4 is 61.9 Å². The van der Waals surface area contributed by atoms with Crippen molar-refractivity contribution < 1.29 is 79.3 Å². The van der Waals surface area contributed by atoms with Gasteiger partial charge >= 0.3 is 57.6 Å². The van der Waals surface area contributed by atoms with Crippen molar-refractivity contribution in [3.8, 4) is 17.0 Å². The number of nitrogens with zero attached hydrogens (tertiary/aromatic N) is 4. The van der Waals surface area contributed by atoms with Gasteiger partial charge in [-0.3, -0.25) is 14.3 Å². The molecule has 2 aromatic heterocycles. The van der Waals surface area contributed by atoms with Crippen LogP contribution in [-0.2, 0) is 13.2 Å². The number of hydrogen-bond acceptors (Lipinski definition) is 6. The zero-order chi connectivity index (χ0) is 25.9. The third-order valence-corrected chi connectivity index (χ3v) is 6.32. The summed E-state index contributed by atoms with van der Waals surface area (Å²) >= 11 is 1.03. The van der Waals surface area contributed by atoms with Gasteiger partial charge in [-0.1, -0.05) is 17.9 Å². The van der Waals surface area contributed by atoms with Crippen molar-refractivity contribution in [3.05, 3.63) is 57.4 Å². The van der Waals surface area contributed by atoms with Gasteiger partial charge in [-0.05, 0) is 50.6 Å². The number of aryl methyl sites for hydroxylation is 1. The van der Waals surface area contributed by atoms with Crippen molar-refractivity contribution in [2.75, 3.05) is 13.1 Å². The van der Waals surface area contributed by atoms with E-state index in [0.717, 1.165) is 23.5 Å². The van der Waals surface area contributed by atoms with Crippen LogP contribution in [0.3, 0.4) is 0 Å². The molecule has 13 heteroatoms. The van der Waals surface area contributed by atoms with Crippen molar-refractivity contribution in [2.45, 2.75) is 26.9 Å². The standard InChI is InChI=1S/C23H24F3N5O3S.K/c1-5-31(6-2)22(34)17-12-11-16(35-17)21(33)28-27-13(3)18-20(32)19(30(4)29-18)14-7-9-15(10-8-14)23(24,25)26;/h7-12,32H,5-6H2,1-4H3,(H,28,33);/q;+1/p-1/b27-13+;. The quantitative estimate of drug-likeness (QED) is 0.271. The second kappa shape index (κ2) is 12.5. The first-order valence-electron chi connectivity index (χ1n) is 10.6. The third kappa shape index (κ3) is 6.64. The van der Waals surface area contributed by atoms with E-state index in [1.54, 1.807) is 11.0 Å². The van der Waals surface area contributed by atoms with Crippen LogP contribution in [0.15, 0.2) is 41.5 Å². The molecule has 3 aromatic rings. The number of carbonyl (C=O) groups is 2. The van der Waals surface area contributed by atoms with Gasteiger partial charge in [0.05, 0.1) is 26.7 Å². The molecule has 0 aliphatic carbocycles. The molecule has 0 bridgehead atoms. The largest absolute Gasteiger partial charge is 1.00 e. The summed E-state index contributed by atoms with van der Waals surface area (Å²) in [7, 11) is 1.49. The minimum atomic E-state index is -4.49. The number of rotatable bonds is 7. The van der Waals surface area contributed by atoms with Gasteiger partial charge in [-0.15, -0.1) is 11.3 Å². The van der Waals surface area contributed by atoms with Gasteiger partial charge in [0.25, 0.3) is 11.8 Å². The Morgan fingerprint density at radius 3 is 2.25 bits per heavy atom. The van der Waals surface area contributed by atoms with Crippen molar-refractivity contribution >= 4 is 28.9 Å². The van der Waals surface area contributed by atoms with E-state index in [1.165, 1.54) is 36.9 Å². The van der Waals surface area contributed by atoms with Crippen molar-refractivity contribution in [1.29, 1.82) is 0 Å². The SMILES string of the molecule is CCN(CC)C(=O)c1ccc(C(=O)N/N=C(\C)c2nn(C)c(-c3ccc(C(F)(F)F)cc3)c2[O-])s1.[K+]. The predicted molar refractivity (Wildman–Crippen MR) is 124 cm³/mol. The Balaban J connectivity index is 0.00000456. The summed E-state index contributed by atoms with van der Waals surface area (Å²) in [4.78, 5) is 27.2. The molecule has 186 valence electrons. The normalized spacial score (nSPS) is 11.7. The molecule has 1 aromatic carbocycles. The number of aromatic nitrogens is 2. The van der Waals surface area contributed by atoms with Crippen molar-refractivity contribution in [3.63, 3.8) is 0 Å². The fraction of sp³-hybridized carbons (Fsp3) is 0.304. The Morgan fingerprint density at radius 1 is 1.11 bits per heavy atom. The number of thiophene rings is 1. The fourth-order valence-electron chi connectivity index (χ4n) is 3.36. The summed E-state index contributed by atoms with van der Waals surface area (Å²) in [5, 5.41) is 21.0. The van der Waals surface area contributed by atoms with E-state index in [1.807, 2.05) is 13.8 Å². The van der Waals surface area contributed by atoms with Gasteiger partial charge < -0.3 is 10.0 Å². The average Bonchev–Trinajstić information content (AvgIpc) is 3.42. The number of alkyl halides is 3. The summed E-state index contributed by atoms with van der Waals surface area (Å²) in [6.07, 6.45) is -4.49. The number of nitrogens with one attached hydrogen (secondary N) is 1. The number of hydrazone groups is 1. The zero-order valence-corrected chi connectivity index (χ0v) is 24.4. The molecule has 0 atom stereocenters. The Hall–Kier alpha value is -2.03. The van der Waals surface area contributed by atoms with Crippen molar-refractivity contribution in [2.24, 2.45) is 12.1 Å². The Bertz CT molecular complexity index is 1270. The number of halogens is 3. The second-order valence-electron chi connectivity index (χ2n) is 7.50. The summed E-state index contributed by atoms with van der Waals surface area (Å²) in [6.45, 7) is 6.31. The average molecular weight is 546 g/mol. The van der Waals surface area contributed by atoms with Gasteiger partial charge in [-0.2, -0.15) is 23.4 Å². The molecule has 3 rings (SSSR count). The first-order valence-corrected chi connectivity index (χ1v) is 11.4. The van der Waals surface area contributed by atoms with Crippen LogP contribution in [0.4, 0.5) is 13.2 Å². The maximum atomic E-state index is 12.9. The van der Waals surface area contributed by atoms with Gasteiger partial charge in [0, 0.05) is 20.1 Å². The molecule has 8 nitrogen and oxygen atoms in total. The molecule has 0 aliphatic rings. The molecule has 2 amide bonds. The van der Waals surface area contributed by atoms with Crippen LogP contribution in [0.25, 0.3) is 11.3 Å². The number of hydrogen-bond donors (Lipinski definition) is 1. The van der Waals surface area contributed by atoms with Crippen LogP contribution in [0, 0.1) is 0 Å². The molecule has 0 saturated carbocycles. The number of carbonyl (C=O) groups excluding carboxylic acids is 2. The van der Waals surface area contributed by atoms with E-state index in [0.29, 0.717) is 18.0 Å². The van der Waals surface area contributed by atoms with E-state index in [9.17, 15) is 27.9 Å². The van der Waals surface area contributed by atoms with Gasteiger partial charge in [0.1, 0.15) is 5.69 Å². The van der Waals surface area contributed by atoms with Crippen LogP contribution in [-0.4, -0.2) is 45.3 Å². The zero-order valence-electron chi connectivity index (χ0n) is 20.4. The molecule has 0 aliphatic heterocycles. The first kappa shape index (κ1) is 30.2. The van der Waals surface area contributed by atoms with Crippen LogP contribution >= 0.6 is 11.3 Å². The molecule has 36 heavy (non-hydrogen) atoms. The van der Waals surface area contributed by atoms with Crippen LogP contribution in [0.2, 0.25) is 0 Å². The molecule has 0 saturated heterocycles. The van der Waals surface area contributed by atoms with Crippen LogP contribution in [0.1, 0.15) is 51.4 Å². The number of benzene rings is 1. The minimum Gasteiger partial charge on any atom is -0.869 e. The second-order valence-corrected chi connectivity index (χ2v) is 8.59. The van der Waals surface area contributed by atoms with Gasteiger partial charge in [0.15, 0.2) is 0 Å². The monoisotopic (exact) mass is 545 g/mol. The fourth-order valence-corrected chi connectivity index (χ4v) is 4.22. The van der Waals surface area contributed by atoms with Gasteiger partial charge in [0.2, 0.25) is 0 Å². The maximum Gasteiger partial charge on any atom is 1.00 e. The van der Waals surface area contributed by atoms with E-state index in [-0.39, 0.29) is 84.8 Å². The maximum absolute atomic E-state index is 12.9. The van der Waals surface area contributed by atoms with E-state index >= 15 is 0 Å². The van der Waals surface area contributed by atoms with Crippen molar-refractivity contribution in [1.82, 2.24) is 20.1 Å². The molecular weight excluding hydrogens is 522 g/mol. The van der Waals surface area contributed by atoms with E-state index < -0.39 is 23.4 Å². The summed E-state index contributed by atoms with van der Waals surface area (Å²) in [5.41, 5.74) is 1.95.